The van der Waals surface area contributed by atoms with Crippen molar-refractivity contribution in [3.63, 3.8) is 0 Å². The minimum absolute atomic E-state index is 0.0747. The monoisotopic (exact) mass is 409 g/mol. The van der Waals surface area contributed by atoms with Crippen LogP contribution in [0.4, 0.5) is 5.13 Å². The molecule has 0 saturated carbocycles. The summed E-state index contributed by atoms with van der Waals surface area (Å²) in [5.41, 5.74) is 0. The number of hydrogen-bond donors (Lipinski definition) is 1. The fraction of sp³-hybridized carbons (Fsp3) is 0.133. The third-order valence-electron chi connectivity index (χ3n) is 2.82. The number of benzene rings is 1. The minimum Gasteiger partial charge on any atom is -0.484 e. The van der Waals surface area contributed by atoms with Crippen LogP contribution in [0.1, 0.15) is 4.88 Å². The number of carbonyl (C=O) groups is 1. The molecule has 8 heteroatoms. The highest BCUT2D eigenvalue weighted by atomic mass is 79.9. The molecule has 0 radical (unpaired) electrons. The van der Waals surface area contributed by atoms with Gasteiger partial charge in [-0.2, -0.15) is 9.36 Å². The molecule has 0 spiro atoms. The van der Waals surface area contributed by atoms with E-state index in [2.05, 4.69) is 30.6 Å². The van der Waals surface area contributed by atoms with E-state index in [0.717, 1.165) is 20.9 Å². The summed E-state index contributed by atoms with van der Waals surface area (Å²) >= 11 is 6.12. The largest absolute Gasteiger partial charge is 0.484 e. The predicted octanol–water partition coefficient (Wildman–Crippen LogP) is 4.36. The molecule has 3 rings (SSSR count). The quantitative estimate of drug-likeness (QED) is 0.679. The lowest BCUT2D eigenvalue weighted by molar-refractivity contribution is -0.118. The Morgan fingerprint density at radius 1 is 1.26 bits per heavy atom. The fourth-order valence-corrected chi connectivity index (χ4v) is 3.49. The molecular weight excluding hydrogens is 398 g/mol. The molecule has 2 aromatic heterocycles. The Bertz CT molecular complexity index is 814. The second kappa shape index (κ2) is 7.20. The van der Waals surface area contributed by atoms with Gasteiger partial charge in [-0.1, -0.05) is 15.9 Å². The molecule has 0 aliphatic carbocycles. The van der Waals surface area contributed by atoms with Crippen LogP contribution < -0.4 is 10.1 Å². The predicted molar refractivity (Wildman–Crippen MR) is 96.2 cm³/mol. The summed E-state index contributed by atoms with van der Waals surface area (Å²) in [5.74, 6) is 1.01. The normalized spacial score (nSPS) is 10.5. The van der Waals surface area contributed by atoms with Gasteiger partial charge in [0.2, 0.25) is 5.13 Å². The maximum atomic E-state index is 11.9. The van der Waals surface area contributed by atoms with E-state index < -0.39 is 0 Å². The zero-order valence-corrected chi connectivity index (χ0v) is 15.3. The highest BCUT2D eigenvalue weighted by Gasteiger charge is 2.11. The molecular formula is C15H12BrN3O2S2. The molecule has 0 aliphatic rings. The Hall–Kier alpha value is -1.77. The van der Waals surface area contributed by atoms with E-state index in [9.17, 15) is 4.79 Å². The van der Waals surface area contributed by atoms with Crippen LogP contribution in [0.25, 0.3) is 10.7 Å². The van der Waals surface area contributed by atoms with E-state index in [0.29, 0.717) is 16.7 Å². The Morgan fingerprint density at radius 2 is 2.04 bits per heavy atom. The number of halogens is 1. The molecule has 1 N–H and O–H groups in total. The van der Waals surface area contributed by atoms with Crippen molar-refractivity contribution in [1.82, 2.24) is 9.36 Å². The van der Waals surface area contributed by atoms with Crippen LogP contribution in [0.5, 0.6) is 5.75 Å². The van der Waals surface area contributed by atoms with E-state index in [1.807, 2.05) is 31.2 Å². The lowest BCUT2D eigenvalue weighted by Crippen LogP contribution is -2.20. The number of carbonyl (C=O) groups excluding carboxylic acids is 1. The lowest BCUT2D eigenvalue weighted by Gasteiger charge is -2.05. The van der Waals surface area contributed by atoms with Gasteiger partial charge in [0.1, 0.15) is 5.75 Å². The van der Waals surface area contributed by atoms with Crippen molar-refractivity contribution in [3.8, 4) is 16.5 Å². The van der Waals surface area contributed by atoms with Crippen LogP contribution in [0, 0.1) is 6.92 Å². The van der Waals surface area contributed by atoms with Gasteiger partial charge >= 0.3 is 0 Å². The number of nitrogens with one attached hydrogen (secondary N) is 1. The average molecular weight is 410 g/mol. The Morgan fingerprint density at radius 3 is 2.74 bits per heavy atom. The average Bonchev–Trinajstić information content (AvgIpc) is 3.16. The molecule has 0 aliphatic heterocycles. The molecule has 0 bridgehead atoms. The Kier molecular flexibility index (Phi) is 5.04. The summed E-state index contributed by atoms with van der Waals surface area (Å²) < 4.78 is 10.6. The Labute approximate surface area is 149 Å². The van der Waals surface area contributed by atoms with Crippen LogP contribution in [-0.2, 0) is 4.79 Å². The van der Waals surface area contributed by atoms with Crippen molar-refractivity contribution in [2.75, 3.05) is 11.9 Å². The first kappa shape index (κ1) is 16.1. The van der Waals surface area contributed by atoms with Crippen molar-refractivity contribution in [2.24, 2.45) is 0 Å². The minimum atomic E-state index is -0.266. The summed E-state index contributed by atoms with van der Waals surface area (Å²) in [7, 11) is 0. The number of aryl methyl sites for hydroxylation is 1. The molecule has 3 aromatic rings. The topological polar surface area (TPSA) is 64.1 Å². The number of ether oxygens (including phenoxy) is 1. The third kappa shape index (κ3) is 4.37. The van der Waals surface area contributed by atoms with E-state index >= 15 is 0 Å². The van der Waals surface area contributed by atoms with Crippen molar-refractivity contribution in [2.45, 2.75) is 6.92 Å². The van der Waals surface area contributed by atoms with Gasteiger partial charge in [-0.05, 0) is 43.3 Å². The first-order valence-electron chi connectivity index (χ1n) is 6.69. The summed E-state index contributed by atoms with van der Waals surface area (Å²) in [6.07, 6.45) is 0. The summed E-state index contributed by atoms with van der Waals surface area (Å²) in [5, 5.41) is 3.16. The van der Waals surface area contributed by atoms with Gasteiger partial charge in [-0.25, -0.2) is 0 Å². The number of aromatic nitrogens is 2. The molecule has 1 aromatic carbocycles. The van der Waals surface area contributed by atoms with E-state index in [-0.39, 0.29) is 12.5 Å². The van der Waals surface area contributed by atoms with Crippen LogP contribution >= 0.6 is 38.8 Å². The molecule has 0 unspecified atom stereocenters. The summed E-state index contributed by atoms with van der Waals surface area (Å²) in [4.78, 5) is 18.4. The molecule has 23 heavy (non-hydrogen) atoms. The van der Waals surface area contributed by atoms with Gasteiger partial charge in [0.25, 0.3) is 5.91 Å². The second-order valence-corrected chi connectivity index (χ2v) is 7.58. The molecule has 118 valence electrons. The van der Waals surface area contributed by atoms with Crippen LogP contribution in [0.15, 0.2) is 40.9 Å². The first-order chi connectivity index (χ1) is 11.1. The molecule has 5 nitrogen and oxygen atoms in total. The van der Waals surface area contributed by atoms with Crippen LogP contribution in [0.2, 0.25) is 0 Å². The maximum absolute atomic E-state index is 11.9. The number of amides is 1. The zero-order chi connectivity index (χ0) is 16.2. The van der Waals surface area contributed by atoms with Crippen molar-refractivity contribution in [3.05, 3.63) is 45.7 Å². The number of hydrogen-bond acceptors (Lipinski definition) is 6. The fourth-order valence-electron chi connectivity index (χ4n) is 1.76. The van der Waals surface area contributed by atoms with Crippen LogP contribution in [0.3, 0.4) is 0 Å². The zero-order valence-electron chi connectivity index (χ0n) is 12.1. The highest BCUT2D eigenvalue weighted by molar-refractivity contribution is 9.10. The van der Waals surface area contributed by atoms with Gasteiger partial charge in [-0.3, -0.25) is 10.1 Å². The van der Waals surface area contributed by atoms with Gasteiger partial charge in [-0.15, -0.1) is 11.3 Å². The molecule has 1 amide bonds. The lowest BCUT2D eigenvalue weighted by atomic mass is 10.3. The number of nitrogens with zero attached hydrogens (tertiary/aromatic N) is 2. The molecule has 0 saturated heterocycles. The second-order valence-electron chi connectivity index (χ2n) is 4.62. The first-order valence-corrected chi connectivity index (χ1v) is 9.07. The Balaban J connectivity index is 1.56. The van der Waals surface area contributed by atoms with Gasteiger partial charge in [0.15, 0.2) is 12.4 Å². The molecule has 0 atom stereocenters. The van der Waals surface area contributed by atoms with E-state index in [1.165, 1.54) is 4.88 Å². The van der Waals surface area contributed by atoms with Crippen molar-refractivity contribution >= 4 is 49.8 Å². The summed E-state index contributed by atoms with van der Waals surface area (Å²) in [6, 6.07) is 11.3. The van der Waals surface area contributed by atoms with Crippen molar-refractivity contribution in [1.29, 1.82) is 0 Å². The van der Waals surface area contributed by atoms with Gasteiger partial charge < -0.3 is 4.74 Å². The van der Waals surface area contributed by atoms with Crippen LogP contribution in [-0.4, -0.2) is 21.9 Å². The third-order valence-corrected chi connectivity index (χ3v) is 4.97. The number of rotatable bonds is 5. The summed E-state index contributed by atoms with van der Waals surface area (Å²) in [6.45, 7) is 1.96. The number of anilines is 1. The standard InChI is InChI=1S/C15H12BrN3O2S2/c1-9-2-7-12(22-9)14-18-15(23-19-14)17-13(20)8-21-11-5-3-10(16)4-6-11/h2-7H,8H2,1H3,(H,17,18,19,20). The highest BCUT2D eigenvalue weighted by Crippen LogP contribution is 2.27. The number of thiophene rings is 1. The van der Waals surface area contributed by atoms with Gasteiger partial charge in [0.05, 0.1) is 4.88 Å². The van der Waals surface area contributed by atoms with E-state index in [1.54, 1.807) is 23.5 Å². The maximum Gasteiger partial charge on any atom is 0.264 e. The smallest absolute Gasteiger partial charge is 0.264 e. The SMILES string of the molecule is Cc1ccc(-c2nsc(NC(=O)COc3ccc(Br)cc3)n2)s1. The molecule has 0 fully saturated rings. The van der Waals surface area contributed by atoms with Crippen molar-refractivity contribution < 1.29 is 9.53 Å². The molecule has 2 heterocycles. The van der Waals surface area contributed by atoms with Gasteiger partial charge in [0, 0.05) is 20.9 Å². The van der Waals surface area contributed by atoms with E-state index in [4.69, 9.17) is 4.74 Å².